The van der Waals surface area contributed by atoms with Crippen LogP contribution in [0.2, 0.25) is 0 Å². The van der Waals surface area contributed by atoms with Crippen molar-refractivity contribution in [3.05, 3.63) is 24.3 Å². The van der Waals surface area contributed by atoms with Crippen molar-refractivity contribution in [1.29, 1.82) is 0 Å². The molecule has 6 nitrogen and oxygen atoms in total. The van der Waals surface area contributed by atoms with E-state index in [1.54, 1.807) is 0 Å². The van der Waals surface area contributed by atoms with Crippen LogP contribution in [0, 0.1) is 5.92 Å². The molecule has 1 aliphatic rings. The minimum absolute atomic E-state index is 0.178. The third-order valence-corrected chi connectivity index (χ3v) is 4.65. The molecule has 2 heterocycles. The normalized spacial score (nSPS) is 16.6. The van der Waals surface area contributed by atoms with Gasteiger partial charge in [-0.3, -0.25) is 0 Å². The van der Waals surface area contributed by atoms with Gasteiger partial charge in [0.15, 0.2) is 11.6 Å². The maximum absolute atomic E-state index is 12.5. The van der Waals surface area contributed by atoms with Gasteiger partial charge in [0.05, 0.1) is 11.7 Å². The number of alkyl halides is 3. The number of nitrogens with zero attached hydrogens (tertiary/aromatic N) is 3. The number of ether oxygens (including phenoxy) is 1. The van der Waals surface area contributed by atoms with Crippen molar-refractivity contribution < 1.29 is 17.9 Å². The highest BCUT2D eigenvalue weighted by atomic mass is 19.4. The van der Waals surface area contributed by atoms with Crippen LogP contribution in [0.15, 0.2) is 18.5 Å². The van der Waals surface area contributed by atoms with Crippen molar-refractivity contribution in [1.82, 2.24) is 14.5 Å². The zero-order valence-corrected chi connectivity index (χ0v) is 14.6. The summed E-state index contributed by atoms with van der Waals surface area (Å²) >= 11 is 0. The van der Waals surface area contributed by atoms with Crippen molar-refractivity contribution in [3.63, 3.8) is 0 Å². The van der Waals surface area contributed by atoms with E-state index in [0.29, 0.717) is 17.3 Å². The Bertz CT molecular complexity index is 783. The van der Waals surface area contributed by atoms with Crippen LogP contribution in [0.3, 0.4) is 0 Å². The molecule has 0 amide bonds. The molecule has 0 radical (unpaired) electrons. The molecule has 9 heteroatoms. The van der Waals surface area contributed by atoms with Gasteiger partial charge in [0.2, 0.25) is 0 Å². The molecule has 1 aliphatic carbocycles. The van der Waals surface area contributed by atoms with E-state index in [1.165, 1.54) is 12.3 Å². The minimum atomic E-state index is -4.84. The monoisotopic (exact) mass is 369 g/mol. The molecule has 0 spiro atoms. The number of halogens is 3. The Labute approximate surface area is 149 Å². The maximum Gasteiger partial charge on any atom is 0.573 e. The lowest BCUT2D eigenvalue weighted by Crippen LogP contribution is -2.26. The van der Waals surface area contributed by atoms with E-state index in [2.05, 4.69) is 14.7 Å². The fraction of sp³-hybridized carbons (Fsp3) is 0.529. The molecular formula is C17H22F3N5O. The molecule has 0 aromatic carbocycles. The van der Waals surface area contributed by atoms with Gasteiger partial charge in [-0.1, -0.05) is 13.8 Å². The van der Waals surface area contributed by atoms with Gasteiger partial charge in [0.1, 0.15) is 5.82 Å². The molecular weight excluding hydrogens is 347 g/mol. The fourth-order valence-electron chi connectivity index (χ4n) is 2.85. The Balaban J connectivity index is 2.00. The smallest absolute Gasteiger partial charge is 0.402 e. The number of pyridine rings is 1. The SMILES string of the molecule is CC(C)C(N)c1nc(-c2cnc(N)c(OC(F)(F)F)c2)cn1C1CCC1. The number of hydrogen-bond donors (Lipinski definition) is 2. The molecule has 26 heavy (non-hydrogen) atoms. The zero-order valence-electron chi connectivity index (χ0n) is 14.6. The van der Waals surface area contributed by atoms with Crippen LogP contribution in [0.1, 0.15) is 51.0 Å². The molecule has 2 aromatic rings. The number of anilines is 1. The van der Waals surface area contributed by atoms with Crippen LogP contribution in [0.5, 0.6) is 5.75 Å². The topological polar surface area (TPSA) is 92.0 Å². The van der Waals surface area contributed by atoms with Gasteiger partial charge in [0.25, 0.3) is 0 Å². The van der Waals surface area contributed by atoms with Gasteiger partial charge in [-0.05, 0) is 31.2 Å². The summed E-state index contributed by atoms with van der Waals surface area (Å²) in [5.41, 5.74) is 12.7. The summed E-state index contributed by atoms with van der Waals surface area (Å²) in [6.45, 7) is 4.01. The average Bonchev–Trinajstić information content (AvgIpc) is 2.90. The molecule has 1 unspecified atom stereocenters. The summed E-state index contributed by atoms with van der Waals surface area (Å²) in [5, 5.41) is 0. The van der Waals surface area contributed by atoms with E-state index in [4.69, 9.17) is 11.5 Å². The first-order valence-corrected chi connectivity index (χ1v) is 8.51. The van der Waals surface area contributed by atoms with Gasteiger partial charge in [-0.15, -0.1) is 13.2 Å². The Morgan fingerprint density at radius 1 is 1.31 bits per heavy atom. The molecule has 1 fully saturated rings. The van der Waals surface area contributed by atoms with Crippen molar-refractivity contribution >= 4 is 5.82 Å². The molecule has 3 rings (SSSR count). The summed E-state index contributed by atoms with van der Waals surface area (Å²) in [7, 11) is 0. The molecule has 4 N–H and O–H groups in total. The number of nitrogens with two attached hydrogens (primary N) is 2. The second-order valence-corrected chi connectivity index (χ2v) is 6.90. The largest absolute Gasteiger partial charge is 0.573 e. The van der Waals surface area contributed by atoms with Gasteiger partial charge >= 0.3 is 6.36 Å². The van der Waals surface area contributed by atoms with E-state index in [9.17, 15) is 13.2 Å². The molecule has 1 saturated carbocycles. The van der Waals surface area contributed by atoms with Crippen LogP contribution in [-0.4, -0.2) is 20.9 Å². The van der Waals surface area contributed by atoms with Crippen molar-refractivity contribution in [2.45, 2.75) is 51.6 Å². The number of rotatable bonds is 5. The summed E-state index contributed by atoms with van der Waals surface area (Å²) in [5.74, 6) is 0.0408. The highest BCUT2D eigenvalue weighted by Crippen LogP contribution is 2.37. The average molecular weight is 369 g/mol. The molecule has 1 atom stereocenters. The van der Waals surface area contributed by atoms with E-state index in [0.717, 1.165) is 25.1 Å². The van der Waals surface area contributed by atoms with Crippen LogP contribution < -0.4 is 16.2 Å². The zero-order chi connectivity index (χ0) is 19.1. The summed E-state index contributed by atoms with van der Waals surface area (Å²) in [4.78, 5) is 8.40. The van der Waals surface area contributed by atoms with E-state index in [-0.39, 0.29) is 17.8 Å². The number of hydrogen-bond acceptors (Lipinski definition) is 5. The van der Waals surface area contributed by atoms with Crippen LogP contribution >= 0.6 is 0 Å². The summed E-state index contributed by atoms with van der Waals surface area (Å²) in [6, 6.07) is 1.26. The second-order valence-electron chi connectivity index (χ2n) is 6.90. The summed E-state index contributed by atoms with van der Waals surface area (Å²) in [6.07, 6.45) is 1.58. The second kappa shape index (κ2) is 6.79. The predicted molar refractivity (Wildman–Crippen MR) is 91.2 cm³/mol. The first-order valence-electron chi connectivity index (χ1n) is 8.51. The molecule has 0 bridgehead atoms. The van der Waals surface area contributed by atoms with Gasteiger partial charge in [0, 0.05) is 24.0 Å². The van der Waals surface area contributed by atoms with Gasteiger partial charge < -0.3 is 20.8 Å². The Morgan fingerprint density at radius 3 is 2.54 bits per heavy atom. The Hall–Kier alpha value is -2.29. The summed E-state index contributed by atoms with van der Waals surface area (Å²) < 4.78 is 43.6. The third-order valence-electron chi connectivity index (χ3n) is 4.65. The third kappa shape index (κ3) is 3.77. The predicted octanol–water partition coefficient (Wildman–Crippen LogP) is 3.81. The minimum Gasteiger partial charge on any atom is -0.402 e. The van der Waals surface area contributed by atoms with Crippen LogP contribution in [0.25, 0.3) is 11.3 Å². The van der Waals surface area contributed by atoms with Gasteiger partial charge in [-0.25, -0.2) is 9.97 Å². The number of nitrogen functional groups attached to an aromatic ring is 1. The standard InChI is InChI=1S/C17H22F3N5O/c1-9(2)14(21)16-24-12(8-25(16)11-4-3-5-11)10-6-13(15(22)23-7-10)26-17(18,19)20/h6-9,11,14H,3-5,21H2,1-2H3,(H2,22,23). The van der Waals surface area contributed by atoms with E-state index >= 15 is 0 Å². The quantitative estimate of drug-likeness (QED) is 0.836. The first-order chi connectivity index (χ1) is 12.2. The molecule has 2 aromatic heterocycles. The lowest BCUT2D eigenvalue weighted by Gasteiger charge is -2.30. The van der Waals surface area contributed by atoms with E-state index < -0.39 is 12.1 Å². The number of imidazole rings is 1. The van der Waals surface area contributed by atoms with Crippen molar-refractivity contribution in [2.75, 3.05) is 5.73 Å². The maximum atomic E-state index is 12.5. The Morgan fingerprint density at radius 2 is 2.00 bits per heavy atom. The van der Waals surface area contributed by atoms with Crippen LogP contribution in [-0.2, 0) is 0 Å². The van der Waals surface area contributed by atoms with Crippen molar-refractivity contribution in [2.24, 2.45) is 11.7 Å². The van der Waals surface area contributed by atoms with Crippen molar-refractivity contribution in [3.8, 4) is 17.0 Å². The van der Waals surface area contributed by atoms with Crippen LogP contribution in [0.4, 0.5) is 19.0 Å². The Kier molecular flexibility index (Phi) is 4.83. The lowest BCUT2D eigenvalue weighted by molar-refractivity contribution is -0.274. The number of aromatic nitrogens is 3. The van der Waals surface area contributed by atoms with Gasteiger partial charge in [-0.2, -0.15) is 0 Å². The first kappa shape index (κ1) is 18.5. The fourth-order valence-corrected chi connectivity index (χ4v) is 2.85. The molecule has 0 aliphatic heterocycles. The molecule has 0 saturated heterocycles. The highest BCUT2D eigenvalue weighted by molar-refractivity contribution is 5.63. The highest BCUT2D eigenvalue weighted by Gasteiger charge is 2.33. The van der Waals surface area contributed by atoms with E-state index in [1.807, 2.05) is 24.6 Å². The lowest BCUT2D eigenvalue weighted by atomic mass is 9.92. The molecule has 142 valence electrons.